The molecule has 1 N–H and O–H groups in total. The van der Waals surface area contributed by atoms with Crippen LogP contribution in [0, 0.1) is 10.1 Å². The first-order chi connectivity index (χ1) is 8.09. The van der Waals surface area contributed by atoms with Gasteiger partial charge in [0.2, 0.25) is 0 Å². The van der Waals surface area contributed by atoms with Gasteiger partial charge in [-0.3, -0.25) is 10.1 Å². The summed E-state index contributed by atoms with van der Waals surface area (Å²) < 4.78 is 0. The molecule has 0 bridgehead atoms. The highest BCUT2D eigenvalue weighted by Gasteiger charge is 2.22. The number of aliphatic hydroxyl groups excluding tert-OH is 1. The van der Waals surface area contributed by atoms with Crippen LogP contribution in [0.1, 0.15) is 31.4 Å². The molecular formula is C12H16N2O3. The molecule has 1 aliphatic rings. The van der Waals surface area contributed by atoms with Crippen molar-refractivity contribution < 1.29 is 10.0 Å². The maximum atomic E-state index is 11.1. The van der Waals surface area contributed by atoms with E-state index >= 15 is 0 Å². The molecule has 0 radical (unpaired) electrons. The van der Waals surface area contributed by atoms with Crippen molar-refractivity contribution in [2.24, 2.45) is 0 Å². The van der Waals surface area contributed by atoms with Gasteiger partial charge in [0.15, 0.2) is 0 Å². The molecule has 1 aromatic carbocycles. The molecule has 1 saturated heterocycles. The summed E-state index contributed by atoms with van der Waals surface area (Å²) in [5, 5.41) is 20.5. The van der Waals surface area contributed by atoms with Crippen LogP contribution in [0.3, 0.4) is 0 Å². The smallest absolute Gasteiger partial charge is 0.292 e. The third-order valence-corrected chi connectivity index (χ3v) is 3.13. The Balaban J connectivity index is 2.40. The van der Waals surface area contributed by atoms with E-state index in [1.54, 1.807) is 19.1 Å². The lowest BCUT2D eigenvalue weighted by Crippen LogP contribution is -2.19. The highest BCUT2D eigenvalue weighted by atomic mass is 16.6. The van der Waals surface area contributed by atoms with E-state index in [0.29, 0.717) is 11.3 Å². The quantitative estimate of drug-likeness (QED) is 0.645. The van der Waals surface area contributed by atoms with Gasteiger partial charge in [-0.15, -0.1) is 0 Å². The van der Waals surface area contributed by atoms with Crippen molar-refractivity contribution in [1.82, 2.24) is 0 Å². The highest BCUT2D eigenvalue weighted by molar-refractivity contribution is 5.65. The molecule has 1 heterocycles. The fraction of sp³-hybridized carbons (Fsp3) is 0.500. The molecule has 1 aromatic rings. The second-order valence-electron chi connectivity index (χ2n) is 4.38. The van der Waals surface area contributed by atoms with Crippen molar-refractivity contribution in [3.05, 3.63) is 33.9 Å². The fourth-order valence-electron chi connectivity index (χ4n) is 2.17. The number of hydrogen-bond donors (Lipinski definition) is 1. The van der Waals surface area contributed by atoms with E-state index in [2.05, 4.69) is 0 Å². The molecule has 0 saturated carbocycles. The van der Waals surface area contributed by atoms with Gasteiger partial charge in [-0.05, 0) is 31.4 Å². The number of aliphatic hydroxyl groups is 1. The molecule has 92 valence electrons. The Morgan fingerprint density at radius 3 is 2.59 bits per heavy atom. The molecule has 1 unspecified atom stereocenters. The van der Waals surface area contributed by atoms with Crippen LogP contribution in [0.25, 0.3) is 0 Å². The van der Waals surface area contributed by atoms with Crippen LogP contribution in [-0.2, 0) is 0 Å². The number of nitro groups is 1. The first kappa shape index (κ1) is 11.9. The molecule has 5 heteroatoms. The second kappa shape index (κ2) is 4.71. The van der Waals surface area contributed by atoms with Crippen molar-refractivity contribution in [3.63, 3.8) is 0 Å². The highest BCUT2D eigenvalue weighted by Crippen LogP contribution is 2.32. The first-order valence-corrected chi connectivity index (χ1v) is 5.81. The molecule has 0 aromatic heterocycles. The molecule has 0 amide bonds. The Labute approximate surface area is 99.8 Å². The van der Waals surface area contributed by atoms with E-state index in [4.69, 9.17) is 0 Å². The van der Waals surface area contributed by atoms with Gasteiger partial charge in [-0.2, -0.15) is 0 Å². The van der Waals surface area contributed by atoms with Gasteiger partial charge in [0.25, 0.3) is 5.69 Å². The van der Waals surface area contributed by atoms with E-state index in [1.807, 2.05) is 4.90 Å². The van der Waals surface area contributed by atoms with Gasteiger partial charge >= 0.3 is 0 Å². The van der Waals surface area contributed by atoms with Crippen molar-refractivity contribution in [1.29, 1.82) is 0 Å². The largest absolute Gasteiger partial charge is 0.389 e. The third-order valence-electron chi connectivity index (χ3n) is 3.13. The number of nitro benzene ring substituents is 1. The fourth-order valence-corrected chi connectivity index (χ4v) is 2.17. The van der Waals surface area contributed by atoms with E-state index in [9.17, 15) is 15.2 Å². The Hall–Kier alpha value is -1.62. The molecule has 2 rings (SSSR count). The Morgan fingerprint density at radius 1 is 1.41 bits per heavy atom. The molecule has 0 aliphatic carbocycles. The standard InChI is InChI=1S/C12H16N2O3/c1-9(15)10-4-5-11(12(8-10)14(16)17)13-6-2-3-7-13/h4-5,8-9,15H,2-3,6-7H2,1H3. The van der Waals surface area contributed by atoms with Gasteiger partial charge in [0.05, 0.1) is 11.0 Å². The van der Waals surface area contributed by atoms with Crippen molar-refractivity contribution in [3.8, 4) is 0 Å². The molecule has 1 aliphatic heterocycles. The number of rotatable bonds is 3. The Kier molecular flexibility index (Phi) is 3.28. The van der Waals surface area contributed by atoms with Gasteiger partial charge in [0.1, 0.15) is 5.69 Å². The maximum Gasteiger partial charge on any atom is 0.292 e. The maximum absolute atomic E-state index is 11.1. The summed E-state index contributed by atoms with van der Waals surface area (Å²) in [5.74, 6) is 0. The lowest BCUT2D eigenvalue weighted by Gasteiger charge is -2.18. The lowest BCUT2D eigenvalue weighted by molar-refractivity contribution is -0.384. The predicted molar refractivity (Wildman–Crippen MR) is 65.2 cm³/mol. The van der Waals surface area contributed by atoms with Gasteiger partial charge in [0, 0.05) is 19.2 Å². The summed E-state index contributed by atoms with van der Waals surface area (Å²) in [4.78, 5) is 12.7. The molecule has 1 atom stereocenters. The zero-order chi connectivity index (χ0) is 12.4. The minimum absolute atomic E-state index is 0.0882. The molecular weight excluding hydrogens is 220 g/mol. The van der Waals surface area contributed by atoms with Gasteiger partial charge in [-0.1, -0.05) is 6.07 Å². The molecule has 17 heavy (non-hydrogen) atoms. The minimum atomic E-state index is -0.679. The number of nitrogens with zero attached hydrogens (tertiary/aromatic N) is 2. The molecule has 5 nitrogen and oxygen atoms in total. The van der Waals surface area contributed by atoms with Gasteiger partial charge < -0.3 is 10.0 Å². The van der Waals surface area contributed by atoms with E-state index < -0.39 is 6.10 Å². The van der Waals surface area contributed by atoms with Crippen molar-refractivity contribution >= 4 is 11.4 Å². The molecule has 1 fully saturated rings. The van der Waals surface area contributed by atoms with E-state index in [0.717, 1.165) is 25.9 Å². The summed E-state index contributed by atoms with van der Waals surface area (Å²) in [7, 11) is 0. The van der Waals surface area contributed by atoms with Crippen LogP contribution < -0.4 is 4.90 Å². The van der Waals surface area contributed by atoms with E-state index in [1.165, 1.54) is 6.07 Å². The van der Waals surface area contributed by atoms with Crippen molar-refractivity contribution in [2.75, 3.05) is 18.0 Å². The summed E-state index contributed by atoms with van der Waals surface area (Å²) in [5.41, 5.74) is 1.34. The van der Waals surface area contributed by atoms with Crippen molar-refractivity contribution in [2.45, 2.75) is 25.9 Å². The normalized spacial score (nSPS) is 17.2. The third kappa shape index (κ3) is 2.39. The number of hydrogen-bond acceptors (Lipinski definition) is 4. The van der Waals surface area contributed by atoms with Crippen LogP contribution in [0.15, 0.2) is 18.2 Å². The van der Waals surface area contributed by atoms with Gasteiger partial charge in [-0.25, -0.2) is 0 Å². The predicted octanol–water partition coefficient (Wildman–Crippen LogP) is 2.25. The first-order valence-electron chi connectivity index (χ1n) is 5.81. The summed E-state index contributed by atoms with van der Waals surface area (Å²) in [6, 6.07) is 4.97. The SMILES string of the molecule is CC(O)c1ccc(N2CCCC2)c([N+](=O)[O-])c1. The summed E-state index contributed by atoms with van der Waals surface area (Å²) in [6.45, 7) is 3.35. The Bertz CT molecular complexity index is 426. The van der Waals surface area contributed by atoms with Crippen LogP contribution in [-0.4, -0.2) is 23.1 Å². The minimum Gasteiger partial charge on any atom is -0.389 e. The van der Waals surface area contributed by atoms with Crippen LogP contribution in [0.4, 0.5) is 11.4 Å². The monoisotopic (exact) mass is 236 g/mol. The second-order valence-corrected chi connectivity index (χ2v) is 4.38. The summed E-state index contributed by atoms with van der Waals surface area (Å²) >= 11 is 0. The topological polar surface area (TPSA) is 66.6 Å². The number of anilines is 1. The zero-order valence-corrected chi connectivity index (χ0v) is 9.80. The number of benzene rings is 1. The lowest BCUT2D eigenvalue weighted by atomic mass is 10.1. The Morgan fingerprint density at radius 2 is 2.06 bits per heavy atom. The van der Waals surface area contributed by atoms with Crippen LogP contribution in [0.5, 0.6) is 0 Å². The summed E-state index contributed by atoms with van der Waals surface area (Å²) in [6.07, 6.45) is 1.48. The van der Waals surface area contributed by atoms with Crippen LogP contribution >= 0.6 is 0 Å². The average Bonchev–Trinajstić information content (AvgIpc) is 2.81. The average molecular weight is 236 g/mol. The molecule has 0 spiro atoms. The zero-order valence-electron chi connectivity index (χ0n) is 9.80. The van der Waals surface area contributed by atoms with Crippen LogP contribution in [0.2, 0.25) is 0 Å². The van der Waals surface area contributed by atoms with E-state index in [-0.39, 0.29) is 10.6 Å².